The standard InChI is InChI=1S/C30H28NO.2C29H26NO.C19H16N.C14H14N.C13H12N.3Ir/c1-19-18-31-27(17-26(19)21-13-15-30(2,3)16-14-21)25-10-6-9-23-24-12-11-20-7-4-5-8-22(20)28(24)32-29(23)25;2*1-29(2)15-12-19(13-16-29)21-14-17-30-26(18-21)25-9-5-8-23-24-11-10-20-6-3-4-7-22(20)27(24)31-28(23)25;1-14-8-11-19(20-13-14)17-10-9-15(2)18(12-17)16-6-4-3-5-7-16;1-10-4-6-13(7-5-10)14-8-11(2)12(3)9-15-14;1-10-3-6-12(7-4-10)13-8-5-11(2)9-14-13;;;/h4-9,11-12,17-18,21H,13-16H2,1-3H3;2*3-8,10-11,14,17-19H,12-13,15-16H2,1-2H3;3-9,11-13H,1-2H3;4-6,8-9H,1-3H3;3-6,8-9H,1-2H3;;;/q6*-1;;;/i1D3,21D;2*19D;1D3,2D3;1D3,2D3,3D3;1D3,2D3;;;. The van der Waals surface area contributed by atoms with Crippen molar-refractivity contribution in [1.29, 1.82) is 0 Å². The smallest absolute Gasteiger partial charge is 0.128 e. The number of nitrogens with zero attached hydrogens (tertiary/aromatic N) is 6. The Bertz CT molecular complexity index is 9270. The van der Waals surface area contributed by atoms with Crippen molar-refractivity contribution in [2.75, 3.05) is 0 Å². The van der Waals surface area contributed by atoms with Gasteiger partial charge in [-0.05, 0) is 241 Å². The molecule has 13 aromatic carbocycles. The van der Waals surface area contributed by atoms with Gasteiger partial charge in [0.05, 0.1) is 16.7 Å². The fraction of sp³-hybridized carbons (Fsp3) is 0.239. The fourth-order valence-corrected chi connectivity index (χ4v) is 19.3. The van der Waals surface area contributed by atoms with Crippen LogP contribution in [0.1, 0.15) is 234 Å². The second-order valence-corrected chi connectivity index (χ2v) is 39.4. The molecule has 25 rings (SSSR count). The number of fused-ring (bicyclic) bond motifs is 15. The third kappa shape index (κ3) is 23.3. The zero-order chi connectivity index (χ0) is 121. The van der Waals surface area contributed by atoms with E-state index in [1.165, 1.54) is 84.0 Å². The molecule has 0 aliphatic heterocycles. The molecule has 0 N–H and O–H groups in total. The minimum atomic E-state index is -2.61. The van der Waals surface area contributed by atoms with Crippen LogP contribution in [0, 0.1) is 107 Å². The van der Waals surface area contributed by atoms with E-state index in [0.29, 0.717) is 79.7 Å². The Morgan fingerprint density at radius 3 is 1.08 bits per heavy atom. The largest absolute Gasteiger partial charge is 0.500 e. The van der Waals surface area contributed by atoms with E-state index >= 15 is 0 Å². The van der Waals surface area contributed by atoms with Gasteiger partial charge in [-0.15, -0.1) is 155 Å². The molecule has 12 heteroatoms. The van der Waals surface area contributed by atoms with E-state index in [2.05, 4.69) is 217 Å². The molecule has 3 aliphatic carbocycles. The number of pyridine rings is 6. The summed E-state index contributed by atoms with van der Waals surface area (Å²) in [5, 5.41) is 13.1. The average molecular weight is 2470 g/mol. The molecule has 3 aliphatic rings. The third-order valence-corrected chi connectivity index (χ3v) is 27.9. The zero-order valence-corrected chi connectivity index (χ0v) is 88.7. The number of rotatable bonds is 10. The summed E-state index contributed by atoms with van der Waals surface area (Å²) in [6.45, 7) is -4.94. The summed E-state index contributed by atoms with van der Waals surface area (Å²) in [6, 6.07) is 106. The maximum atomic E-state index is 9.35. The van der Waals surface area contributed by atoms with Crippen molar-refractivity contribution < 1.29 is 111 Å². The Kier molecular flexibility index (Phi) is 23.3. The van der Waals surface area contributed by atoms with Gasteiger partial charge in [0, 0.05) is 167 Å². The summed E-state index contributed by atoms with van der Waals surface area (Å²) < 4.78 is 228. The van der Waals surface area contributed by atoms with Crippen molar-refractivity contribution in [3.05, 3.63) is 420 Å². The number of hydrogen-bond acceptors (Lipinski definition) is 9. The molecule has 0 saturated heterocycles. The molecular weight excluding hydrogens is 2320 g/mol. The number of furan rings is 3. The van der Waals surface area contributed by atoms with Gasteiger partial charge >= 0.3 is 0 Å². The first-order valence-electron chi connectivity index (χ1n) is 61.9. The monoisotopic (exact) mass is 2470 g/mol. The molecule has 3 fully saturated rings. The van der Waals surface area contributed by atoms with Crippen molar-refractivity contribution in [3.63, 3.8) is 0 Å². The third-order valence-electron chi connectivity index (χ3n) is 27.9. The first kappa shape index (κ1) is 74.7. The van der Waals surface area contributed by atoms with Crippen molar-refractivity contribution in [3.8, 4) is 78.7 Å². The zero-order valence-electron chi connectivity index (χ0n) is 108. The summed E-state index contributed by atoms with van der Waals surface area (Å²) in [6.07, 6.45) is 19.6. The molecule has 146 heavy (non-hydrogen) atoms. The molecule has 3 saturated carbocycles. The summed E-state index contributed by atoms with van der Waals surface area (Å²) in [5.41, 5.74) is 17.7. The molecule has 0 atom stereocenters. The predicted octanol–water partition coefficient (Wildman–Crippen LogP) is 36.6. The Hall–Kier alpha value is -13.1. The van der Waals surface area contributed by atoms with E-state index in [1.54, 1.807) is 24.3 Å². The first-order chi connectivity index (χ1) is 80.1. The summed E-state index contributed by atoms with van der Waals surface area (Å²) in [4.78, 5) is 26.2. The Balaban J connectivity index is 0.000000139. The molecule has 22 aromatic rings. The van der Waals surface area contributed by atoms with Gasteiger partial charge < -0.3 is 43.2 Å². The molecule has 9 nitrogen and oxygen atoms in total. The van der Waals surface area contributed by atoms with E-state index in [1.807, 2.05) is 109 Å². The average Bonchev–Trinajstić information content (AvgIpc) is 1.62. The van der Waals surface area contributed by atoms with Crippen LogP contribution >= 0.6 is 0 Å². The molecular formula is C134H122Ir3N6O3-6. The molecule has 0 bridgehead atoms. The van der Waals surface area contributed by atoms with Crippen molar-refractivity contribution in [2.24, 2.45) is 16.2 Å². The molecule has 3 radical (unpaired) electrons. The first-order valence-corrected chi connectivity index (χ1v) is 48.4. The van der Waals surface area contributed by atoms with Crippen LogP contribution in [0.4, 0.5) is 0 Å². The molecule has 0 amide bonds. The van der Waals surface area contributed by atoms with Gasteiger partial charge in [-0.3, -0.25) is 0 Å². The van der Waals surface area contributed by atoms with E-state index in [9.17, 15) is 4.11 Å². The van der Waals surface area contributed by atoms with Crippen molar-refractivity contribution >= 4 is 98.1 Å². The van der Waals surface area contributed by atoms with E-state index in [4.69, 9.17) is 46.1 Å². The number of benzene rings is 13. The number of aryl methyl sites for hydroxylation is 8. The topological polar surface area (TPSA) is 117 Å². The van der Waals surface area contributed by atoms with Crippen LogP contribution in [-0.2, 0) is 60.3 Å². The van der Waals surface area contributed by atoms with E-state index in [-0.39, 0.29) is 116 Å². The van der Waals surface area contributed by atoms with E-state index in [0.717, 1.165) is 191 Å². The summed E-state index contributed by atoms with van der Waals surface area (Å²) in [5.74, 6) is -2.06. The van der Waals surface area contributed by atoms with Crippen LogP contribution in [0.5, 0.6) is 0 Å². The normalized spacial score (nSPS) is 18.4. The minimum Gasteiger partial charge on any atom is -0.500 e. The van der Waals surface area contributed by atoms with Crippen molar-refractivity contribution in [1.82, 2.24) is 29.9 Å². The predicted molar refractivity (Wildman–Crippen MR) is 594 cm³/mol. The molecule has 9 heterocycles. The quantitative estimate of drug-likeness (QED) is 0.123. The van der Waals surface area contributed by atoms with Crippen LogP contribution < -0.4 is 0 Å². The van der Waals surface area contributed by atoms with Gasteiger partial charge in [0.2, 0.25) is 0 Å². The van der Waals surface area contributed by atoms with E-state index < -0.39 is 72.5 Å². The Morgan fingerprint density at radius 2 is 0.658 bits per heavy atom. The Morgan fingerprint density at radius 1 is 0.281 bits per heavy atom. The molecule has 9 aromatic heterocycles. The second kappa shape index (κ2) is 45.5. The van der Waals surface area contributed by atoms with Gasteiger partial charge in [0.25, 0.3) is 0 Å². The molecule has 0 unspecified atom stereocenters. The Labute approximate surface area is 938 Å². The van der Waals surface area contributed by atoms with Gasteiger partial charge in [-0.2, -0.15) is 0 Å². The van der Waals surface area contributed by atoms with Crippen LogP contribution in [0.3, 0.4) is 0 Å². The summed E-state index contributed by atoms with van der Waals surface area (Å²) >= 11 is 0. The van der Waals surface area contributed by atoms with Gasteiger partial charge in [0.1, 0.15) is 16.7 Å². The SMILES string of the molecule is [2H]C([2H])([2H])c1c[c-]c(-c2cc(C([2H])([2H])[2H])c(C([2H])([2H])[2H])cn2)cc1.[2H]C([2H])([2H])c1c[c-]c(-c2ccc(C([2H])([2H])[2H])cn2)cc1.[2H]C([2H])([2H])c1ccc(-c2[c-]cc(C([2H])([2H])[2H])c(-c3ccccc3)c2)nc1.[2H]C([2H])([2H])c1cnc(-c2[c-]ccc3c2oc2c4ccccc4ccc32)cc1C1([2H])CCC(C)(C)CC1.[2H]C1(c2ccnc(-c3[c-]ccc4c3oc3c5ccccc5ccc43)c2)CCC(C)(C)CC1.[2H]C1(c2ccnc(-c3[c-]ccc4c3oc3c5ccccc5ccc43)c2)CCC(C)(C)CC1.[Ir].[Ir].[Ir]. The summed E-state index contributed by atoms with van der Waals surface area (Å²) in [7, 11) is 0. The van der Waals surface area contributed by atoms with Gasteiger partial charge in [-0.25, -0.2) is 0 Å². The van der Waals surface area contributed by atoms with Gasteiger partial charge in [-0.1, -0.05) is 305 Å². The van der Waals surface area contributed by atoms with Crippen molar-refractivity contribution in [2.45, 2.75) is 191 Å². The van der Waals surface area contributed by atoms with Crippen LogP contribution in [0.25, 0.3) is 177 Å². The van der Waals surface area contributed by atoms with Gasteiger partial charge in [0.15, 0.2) is 0 Å². The molecule has 739 valence electrons. The second-order valence-electron chi connectivity index (χ2n) is 39.4. The van der Waals surface area contributed by atoms with Crippen LogP contribution in [0.2, 0.25) is 0 Å². The van der Waals surface area contributed by atoms with Crippen LogP contribution in [-0.4, -0.2) is 29.9 Å². The minimum absolute atomic E-state index is 0. The van der Waals surface area contributed by atoms with Crippen LogP contribution in [0.15, 0.2) is 336 Å². The number of hydrogen-bond donors (Lipinski definition) is 0. The maximum absolute atomic E-state index is 9.35. The maximum Gasteiger partial charge on any atom is 0.128 e. The number of aromatic nitrogens is 6. The molecule has 0 spiro atoms. The fourth-order valence-electron chi connectivity index (χ4n) is 19.3.